The molecule has 0 fully saturated rings. The minimum Gasteiger partial charge on any atom is -0.357 e. The maximum atomic E-state index is 13.7. The van der Waals surface area contributed by atoms with Crippen molar-refractivity contribution >= 4 is 29.9 Å². The second kappa shape index (κ2) is 9.49. The molecule has 0 radical (unpaired) electrons. The lowest BCUT2D eigenvalue weighted by molar-refractivity contribution is 0.607. The summed E-state index contributed by atoms with van der Waals surface area (Å²) in [6.45, 7) is 7.00. The van der Waals surface area contributed by atoms with Crippen molar-refractivity contribution < 1.29 is 4.39 Å². The molecule has 1 aromatic heterocycles. The van der Waals surface area contributed by atoms with Crippen molar-refractivity contribution in [1.29, 1.82) is 0 Å². The van der Waals surface area contributed by atoms with Gasteiger partial charge in [-0.1, -0.05) is 12.1 Å². The van der Waals surface area contributed by atoms with Crippen LogP contribution < -0.4 is 10.6 Å². The highest BCUT2D eigenvalue weighted by molar-refractivity contribution is 14.0. The van der Waals surface area contributed by atoms with Gasteiger partial charge in [-0.3, -0.25) is 5.10 Å². The number of aromatic amines is 1. The van der Waals surface area contributed by atoms with Crippen LogP contribution in [-0.2, 0) is 6.54 Å². The number of H-pyrrole nitrogens is 1. The standard InChI is InChI=1S/C16H22FN5.HI/c1-4-18-16(19-10-14-7-8-20-22-14)21-12(3)13-6-5-11(2)15(17)9-13;/h5-9,12H,4,10H2,1-3H3,(H,20,22)(H2,18,19,21);1H. The molecule has 0 amide bonds. The number of nitrogens with one attached hydrogen (secondary N) is 3. The summed E-state index contributed by atoms with van der Waals surface area (Å²) in [5, 5.41) is 13.2. The molecule has 7 heteroatoms. The molecule has 5 nitrogen and oxygen atoms in total. The highest BCUT2D eigenvalue weighted by Gasteiger charge is 2.09. The molecule has 1 atom stereocenters. The Kier molecular flexibility index (Phi) is 8.01. The number of halogens is 2. The second-order valence-electron chi connectivity index (χ2n) is 5.15. The summed E-state index contributed by atoms with van der Waals surface area (Å²) in [6, 6.07) is 7.11. The van der Waals surface area contributed by atoms with Crippen LogP contribution in [0.5, 0.6) is 0 Å². The van der Waals surface area contributed by atoms with Gasteiger partial charge >= 0.3 is 0 Å². The molecule has 0 saturated carbocycles. The fraction of sp³-hybridized carbons (Fsp3) is 0.375. The third kappa shape index (κ3) is 5.81. The Morgan fingerprint density at radius 1 is 1.39 bits per heavy atom. The molecular weight excluding hydrogens is 408 g/mol. The number of guanidine groups is 1. The minimum absolute atomic E-state index is 0. The lowest BCUT2D eigenvalue weighted by Gasteiger charge is -2.18. The SMILES string of the molecule is CCNC(=NCc1ccn[nH]1)NC(C)c1ccc(C)c(F)c1.I. The maximum Gasteiger partial charge on any atom is 0.192 e. The summed E-state index contributed by atoms with van der Waals surface area (Å²) in [7, 11) is 0. The van der Waals surface area contributed by atoms with E-state index in [1.165, 1.54) is 0 Å². The van der Waals surface area contributed by atoms with E-state index in [9.17, 15) is 4.39 Å². The molecule has 3 N–H and O–H groups in total. The number of nitrogens with zero attached hydrogens (tertiary/aromatic N) is 2. The topological polar surface area (TPSA) is 65.1 Å². The molecule has 0 spiro atoms. The third-order valence-corrected chi connectivity index (χ3v) is 3.36. The highest BCUT2D eigenvalue weighted by Crippen LogP contribution is 2.16. The van der Waals surface area contributed by atoms with Gasteiger partial charge in [0.05, 0.1) is 18.3 Å². The van der Waals surface area contributed by atoms with Gasteiger partial charge in [0, 0.05) is 12.7 Å². The van der Waals surface area contributed by atoms with Crippen LogP contribution in [0.4, 0.5) is 4.39 Å². The van der Waals surface area contributed by atoms with Gasteiger partial charge in [-0.05, 0) is 44.0 Å². The zero-order valence-corrected chi connectivity index (χ0v) is 15.9. The number of aromatic nitrogens is 2. The van der Waals surface area contributed by atoms with Crippen molar-refractivity contribution in [2.24, 2.45) is 4.99 Å². The van der Waals surface area contributed by atoms with Crippen LogP contribution in [0.15, 0.2) is 35.5 Å². The molecule has 0 saturated heterocycles. The zero-order chi connectivity index (χ0) is 15.9. The molecule has 1 aromatic carbocycles. The molecule has 2 rings (SSSR count). The average Bonchev–Trinajstić information content (AvgIpc) is 3.01. The Labute approximate surface area is 153 Å². The predicted molar refractivity (Wildman–Crippen MR) is 102 cm³/mol. The van der Waals surface area contributed by atoms with Gasteiger partial charge in [0.1, 0.15) is 5.82 Å². The monoisotopic (exact) mass is 431 g/mol. The number of rotatable bonds is 5. The van der Waals surface area contributed by atoms with E-state index < -0.39 is 0 Å². The van der Waals surface area contributed by atoms with E-state index in [0.717, 1.165) is 17.8 Å². The third-order valence-electron chi connectivity index (χ3n) is 3.36. The first kappa shape index (κ1) is 19.4. The summed E-state index contributed by atoms with van der Waals surface area (Å²) in [4.78, 5) is 4.49. The molecular formula is C16H23FIN5. The van der Waals surface area contributed by atoms with Crippen LogP contribution in [-0.4, -0.2) is 22.7 Å². The Hall–Kier alpha value is -1.64. The fourth-order valence-corrected chi connectivity index (χ4v) is 2.02. The molecule has 0 bridgehead atoms. The van der Waals surface area contributed by atoms with Crippen molar-refractivity contribution in [2.45, 2.75) is 33.4 Å². The Morgan fingerprint density at radius 2 is 2.17 bits per heavy atom. The fourth-order valence-electron chi connectivity index (χ4n) is 2.02. The van der Waals surface area contributed by atoms with Gasteiger partial charge in [-0.2, -0.15) is 5.10 Å². The number of hydrogen-bond donors (Lipinski definition) is 3. The highest BCUT2D eigenvalue weighted by atomic mass is 127. The number of aliphatic imine (C=N–C) groups is 1. The molecule has 126 valence electrons. The average molecular weight is 431 g/mol. The number of aryl methyl sites for hydroxylation is 1. The lowest BCUT2D eigenvalue weighted by Crippen LogP contribution is -2.38. The molecule has 0 aliphatic carbocycles. The Bertz CT molecular complexity index is 627. The van der Waals surface area contributed by atoms with Crippen LogP contribution in [0, 0.1) is 12.7 Å². The van der Waals surface area contributed by atoms with Crippen LogP contribution in [0.2, 0.25) is 0 Å². The smallest absolute Gasteiger partial charge is 0.192 e. The van der Waals surface area contributed by atoms with Gasteiger partial charge in [-0.15, -0.1) is 24.0 Å². The van der Waals surface area contributed by atoms with Gasteiger partial charge in [-0.25, -0.2) is 9.38 Å². The lowest BCUT2D eigenvalue weighted by atomic mass is 10.1. The van der Waals surface area contributed by atoms with E-state index in [0.29, 0.717) is 18.1 Å². The van der Waals surface area contributed by atoms with Gasteiger partial charge < -0.3 is 10.6 Å². The van der Waals surface area contributed by atoms with Crippen LogP contribution in [0.3, 0.4) is 0 Å². The Balaban J connectivity index is 0.00000264. The first-order chi connectivity index (χ1) is 10.6. The van der Waals surface area contributed by atoms with Gasteiger partial charge in [0.2, 0.25) is 0 Å². The van der Waals surface area contributed by atoms with Crippen LogP contribution in [0.25, 0.3) is 0 Å². The molecule has 23 heavy (non-hydrogen) atoms. The minimum atomic E-state index is -0.189. The quantitative estimate of drug-likeness (QED) is 0.387. The second-order valence-corrected chi connectivity index (χ2v) is 5.15. The van der Waals surface area contributed by atoms with Gasteiger partial charge in [0.15, 0.2) is 5.96 Å². The number of hydrogen-bond acceptors (Lipinski definition) is 2. The van der Waals surface area contributed by atoms with E-state index in [1.54, 1.807) is 25.3 Å². The molecule has 1 heterocycles. The van der Waals surface area contributed by atoms with Crippen LogP contribution >= 0.6 is 24.0 Å². The van der Waals surface area contributed by atoms with Gasteiger partial charge in [0.25, 0.3) is 0 Å². The van der Waals surface area contributed by atoms with E-state index in [-0.39, 0.29) is 35.8 Å². The molecule has 0 aliphatic rings. The molecule has 2 aromatic rings. The summed E-state index contributed by atoms with van der Waals surface area (Å²) >= 11 is 0. The van der Waals surface area contributed by atoms with E-state index in [1.807, 2.05) is 26.0 Å². The summed E-state index contributed by atoms with van der Waals surface area (Å²) in [5.74, 6) is 0.496. The van der Waals surface area contributed by atoms with Crippen LogP contribution in [0.1, 0.15) is 36.7 Å². The van der Waals surface area contributed by atoms with Crippen molar-refractivity contribution in [3.05, 3.63) is 53.1 Å². The normalized spacial score (nSPS) is 12.4. The predicted octanol–water partition coefficient (Wildman–Crippen LogP) is 3.29. The van der Waals surface area contributed by atoms with Crippen molar-refractivity contribution in [1.82, 2.24) is 20.8 Å². The van der Waals surface area contributed by atoms with E-state index in [4.69, 9.17) is 0 Å². The Morgan fingerprint density at radius 3 is 2.78 bits per heavy atom. The summed E-state index contributed by atoms with van der Waals surface area (Å²) < 4.78 is 13.7. The summed E-state index contributed by atoms with van der Waals surface area (Å²) in [6.07, 6.45) is 1.70. The largest absolute Gasteiger partial charge is 0.357 e. The number of benzene rings is 1. The summed E-state index contributed by atoms with van der Waals surface area (Å²) in [5.41, 5.74) is 2.47. The van der Waals surface area contributed by atoms with E-state index in [2.05, 4.69) is 25.8 Å². The van der Waals surface area contributed by atoms with Crippen molar-refractivity contribution in [3.63, 3.8) is 0 Å². The zero-order valence-electron chi connectivity index (χ0n) is 13.6. The first-order valence-corrected chi connectivity index (χ1v) is 7.39. The maximum absolute atomic E-state index is 13.7. The molecule has 0 aliphatic heterocycles. The van der Waals surface area contributed by atoms with E-state index >= 15 is 0 Å². The first-order valence-electron chi connectivity index (χ1n) is 7.39. The van der Waals surface area contributed by atoms with Crippen molar-refractivity contribution in [2.75, 3.05) is 6.54 Å². The molecule has 1 unspecified atom stereocenters. The van der Waals surface area contributed by atoms with Crippen molar-refractivity contribution in [3.8, 4) is 0 Å².